The van der Waals surface area contributed by atoms with Crippen molar-refractivity contribution >= 4 is 40.0 Å². The molecule has 0 bridgehead atoms. The Hall–Kier alpha value is -3.65. The van der Waals surface area contributed by atoms with Crippen molar-refractivity contribution in [2.24, 2.45) is 0 Å². The Kier molecular flexibility index (Phi) is 5.99. The number of ether oxygens (including phenoxy) is 1. The summed E-state index contributed by atoms with van der Waals surface area (Å²) < 4.78 is 24.3. The van der Waals surface area contributed by atoms with Crippen molar-refractivity contribution in [2.45, 2.75) is 0 Å². The van der Waals surface area contributed by atoms with Crippen molar-refractivity contribution in [1.29, 1.82) is 0 Å². The highest BCUT2D eigenvalue weighted by Gasteiger charge is 2.26. The first-order valence-electron chi connectivity index (χ1n) is 9.43. The molecule has 0 spiro atoms. The molecule has 0 aliphatic carbocycles. The minimum atomic E-state index is -0.674. The van der Waals surface area contributed by atoms with Gasteiger partial charge in [0.2, 0.25) is 0 Å². The number of rotatable bonds is 7. The zero-order valence-electron chi connectivity index (χ0n) is 16.5. The van der Waals surface area contributed by atoms with E-state index in [1.165, 1.54) is 19.2 Å². The number of nitrogens with one attached hydrogen (secondary N) is 2. The van der Waals surface area contributed by atoms with Gasteiger partial charge in [-0.15, -0.1) is 0 Å². The second-order valence-corrected chi connectivity index (χ2v) is 7.02. The number of methoxy groups -OCH3 is 1. The largest absolute Gasteiger partial charge is 0.465 e. The molecule has 158 valence electrons. The summed E-state index contributed by atoms with van der Waals surface area (Å²) in [5.41, 5.74) is 1.84. The van der Waals surface area contributed by atoms with Gasteiger partial charge in [-0.3, -0.25) is 4.98 Å². The molecule has 2 N–H and O–H groups in total. The molecule has 2 aromatic carbocycles. The van der Waals surface area contributed by atoms with Crippen molar-refractivity contribution < 1.29 is 18.4 Å². The Morgan fingerprint density at radius 3 is 2.77 bits per heavy atom. The molecule has 0 fully saturated rings. The zero-order valence-corrected chi connectivity index (χ0v) is 17.2. The molecular formula is C22H18ClFN4O3. The van der Waals surface area contributed by atoms with Crippen LogP contribution in [0.2, 0.25) is 5.02 Å². The number of aromatic nitrogens is 2. The van der Waals surface area contributed by atoms with E-state index in [2.05, 4.69) is 20.8 Å². The molecule has 7 nitrogen and oxygen atoms in total. The van der Waals surface area contributed by atoms with Crippen LogP contribution in [0.3, 0.4) is 0 Å². The second kappa shape index (κ2) is 9.01. The minimum Gasteiger partial charge on any atom is -0.465 e. The third-order valence-electron chi connectivity index (χ3n) is 4.64. The molecule has 2 heterocycles. The predicted octanol–water partition coefficient (Wildman–Crippen LogP) is 4.99. The summed E-state index contributed by atoms with van der Waals surface area (Å²) in [4.78, 5) is 16.6. The number of carbonyl (C=O) groups is 1. The molecule has 4 aromatic rings. The van der Waals surface area contributed by atoms with Crippen molar-refractivity contribution in [3.05, 3.63) is 71.1 Å². The SMILES string of the molecule is COC(=O)c1c(NCCNc2ccnc3cc(Cl)ccc23)noc1-c1ccccc1F. The molecule has 31 heavy (non-hydrogen) atoms. The Labute approximate surface area is 182 Å². The van der Waals surface area contributed by atoms with Crippen LogP contribution in [0.15, 0.2) is 59.3 Å². The Bertz CT molecular complexity index is 1240. The lowest BCUT2D eigenvalue weighted by molar-refractivity contribution is 0.0602. The van der Waals surface area contributed by atoms with E-state index in [1.807, 2.05) is 12.1 Å². The van der Waals surface area contributed by atoms with Crippen LogP contribution in [0.25, 0.3) is 22.2 Å². The summed E-state index contributed by atoms with van der Waals surface area (Å²) >= 11 is 6.03. The number of nitrogens with zero attached hydrogens (tertiary/aromatic N) is 2. The maximum Gasteiger partial charge on any atom is 0.345 e. The van der Waals surface area contributed by atoms with Crippen molar-refractivity contribution in [1.82, 2.24) is 10.1 Å². The molecule has 0 atom stereocenters. The number of benzene rings is 2. The van der Waals surface area contributed by atoms with Crippen LogP contribution in [0.1, 0.15) is 10.4 Å². The molecule has 0 aliphatic heterocycles. The van der Waals surface area contributed by atoms with Crippen LogP contribution in [0, 0.1) is 5.82 Å². The lowest BCUT2D eigenvalue weighted by Crippen LogP contribution is -2.16. The van der Waals surface area contributed by atoms with E-state index in [0.717, 1.165) is 16.6 Å². The average molecular weight is 441 g/mol. The summed E-state index contributed by atoms with van der Waals surface area (Å²) in [6.45, 7) is 0.912. The van der Waals surface area contributed by atoms with Gasteiger partial charge in [0.15, 0.2) is 17.1 Å². The van der Waals surface area contributed by atoms with Gasteiger partial charge in [0, 0.05) is 35.4 Å². The number of pyridine rings is 1. The zero-order chi connectivity index (χ0) is 21.8. The number of hydrogen-bond acceptors (Lipinski definition) is 7. The summed E-state index contributed by atoms with van der Waals surface area (Å²) in [5.74, 6) is -1.01. The maximum atomic E-state index is 14.2. The third kappa shape index (κ3) is 4.29. The maximum absolute atomic E-state index is 14.2. The van der Waals surface area contributed by atoms with Crippen LogP contribution < -0.4 is 10.6 Å². The van der Waals surface area contributed by atoms with Gasteiger partial charge in [0.1, 0.15) is 5.82 Å². The number of fused-ring (bicyclic) bond motifs is 1. The van der Waals surface area contributed by atoms with Crippen LogP contribution in [-0.2, 0) is 4.74 Å². The van der Waals surface area contributed by atoms with E-state index >= 15 is 0 Å². The Morgan fingerprint density at radius 2 is 1.97 bits per heavy atom. The molecule has 9 heteroatoms. The Balaban J connectivity index is 1.49. The van der Waals surface area contributed by atoms with Gasteiger partial charge in [0.05, 0.1) is 18.2 Å². The first-order chi connectivity index (χ1) is 15.1. The van der Waals surface area contributed by atoms with Gasteiger partial charge in [-0.1, -0.05) is 28.9 Å². The number of hydrogen-bond donors (Lipinski definition) is 2. The summed E-state index contributed by atoms with van der Waals surface area (Å²) in [7, 11) is 1.24. The van der Waals surface area contributed by atoms with Crippen molar-refractivity contribution in [3.63, 3.8) is 0 Å². The van der Waals surface area contributed by atoms with E-state index in [4.69, 9.17) is 20.9 Å². The molecule has 4 rings (SSSR count). The van der Waals surface area contributed by atoms with Crippen LogP contribution >= 0.6 is 11.6 Å². The van der Waals surface area contributed by atoms with Crippen molar-refractivity contribution in [2.75, 3.05) is 30.8 Å². The molecule has 0 saturated carbocycles. The second-order valence-electron chi connectivity index (χ2n) is 6.58. The molecular weight excluding hydrogens is 423 g/mol. The average Bonchev–Trinajstić information content (AvgIpc) is 3.20. The number of halogens is 2. The number of anilines is 2. The van der Waals surface area contributed by atoms with Gasteiger partial charge < -0.3 is 19.9 Å². The first kappa shape index (κ1) is 20.6. The normalized spacial score (nSPS) is 10.8. The minimum absolute atomic E-state index is 0.0115. The highest BCUT2D eigenvalue weighted by molar-refractivity contribution is 6.31. The van der Waals surface area contributed by atoms with Gasteiger partial charge in [-0.2, -0.15) is 0 Å². The molecule has 0 amide bonds. The fourth-order valence-corrected chi connectivity index (χ4v) is 3.35. The topological polar surface area (TPSA) is 89.3 Å². The lowest BCUT2D eigenvalue weighted by atomic mass is 10.1. The Morgan fingerprint density at radius 1 is 1.16 bits per heavy atom. The summed E-state index contributed by atoms with van der Waals surface area (Å²) in [5, 5.41) is 11.8. The highest BCUT2D eigenvalue weighted by Crippen LogP contribution is 2.31. The number of esters is 1. The summed E-state index contributed by atoms with van der Waals surface area (Å²) in [6.07, 6.45) is 1.70. The van der Waals surface area contributed by atoms with E-state index in [-0.39, 0.29) is 22.7 Å². The third-order valence-corrected chi connectivity index (χ3v) is 4.87. The standard InChI is InChI=1S/C22H18ClFN4O3/c1-30-22(29)19-20(14-4-2-3-5-16(14)24)31-28-21(19)27-11-10-26-17-8-9-25-18-12-13(23)6-7-15(17)18/h2-9,12H,10-11H2,1H3,(H,25,26)(H,27,28). The molecule has 0 unspecified atom stereocenters. The lowest BCUT2D eigenvalue weighted by Gasteiger charge is -2.10. The predicted molar refractivity (Wildman–Crippen MR) is 117 cm³/mol. The fourth-order valence-electron chi connectivity index (χ4n) is 3.18. The van der Waals surface area contributed by atoms with Gasteiger partial charge in [0.25, 0.3) is 0 Å². The van der Waals surface area contributed by atoms with Crippen LogP contribution in [0.5, 0.6) is 0 Å². The van der Waals surface area contributed by atoms with Crippen LogP contribution in [-0.4, -0.2) is 36.3 Å². The monoisotopic (exact) mass is 440 g/mol. The van der Waals surface area contributed by atoms with E-state index in [9.17, 15) is 9.18 Å². The van der Waals surface area contributed by atoms with Crippen molar-refractivity contribution in [3.8, 4) is 11.3 Å². The molecule has 0 aliphatic rings. The number of carbonyl (C=O) groups excluding carboxylic acids is 1. The van der Waals surface area contributed by atoms with Gasteiger partial charge in [-0.25, -0.2) is 9.18 Å². The van der Waals surface area contributed by atoms with E-state index in [0.29, 0.717) is 18.1 Å². The smallest absolute Gasteiger partial charge is 0.345 e. The molecule has 0 saturated heterocycles. The van der Waals surface area contributed by atoms with Gasteiger partial charge >= 0.3 is 5.97 Å². The fraction of sp³-hybridized carbons (Fsp3) is 0.136. The van der Waals surface area contributed by atoms with E-state index in [1.54, 1.807) is 30.5 Å². The van der Waals surface area contributed by atoms with Crippen LogP contribution in [0.4, 0.5) is 15.9 Å². The highest BCUT2D eigenvalue weighted by atomic mass is 35.5. The van der Waals surface area contributed by atoms with E-state index < -0.39 is 11.8 Å². The summed E-state index contributed by atoms with van der Waals surface area (Å²) in [6, 6.07) is 13.3. The quantitative estimate of drug-likeness (QED) is 0.309. The van der Waals surface area contributed by atoms with Gasteiger partial charge in [-0.05, 0) is 36.4 Å². The molecule has 0 radical (unpaired) electrons. The molecule has 2 aromatic heterocycles. The first-order valence-corrected chi connectivity index (χ1v) is 9.81.